The lowest BCUT2D eigenvalue weighted by atomic mass is 9.95. The van der Waals surface area contributed by atoms with Crippen LogP contribution in [-0.2, 0) is 13.1 Å². The Morgan fingerprint density at radius 3 is 2.38 bits per heavy atom. The standard InChI is InChI=1S/C25H32N2O2/c1-16(2)22-13-23(18(4)10-17(22)3)25(28)27-14-20-12-21(29-9-8-26(6)7)11-19(5)24(20)15-27/h10-13H,1,8-9,14-15H2,2-7H3. The summed E-state index contributed by atoms with van der Waals surface area (Å²) < 4.78 is 5.92. The highest BCUT2D eigenvalue weighted by Gasteiger charge is 2.27. The summed E-state index contributed by atoms with van der Waals surface area (Å²) in [4.78, 5) is 17.4. The lowest BCUT2D eigenvalue weighted by molar-refractivity contribution is 0.0750. The van der Waals surface area contributed by atoms with Gasteiger partial charge in [0, 0.05) is 25.2 Å². The Morgan fingerprint density at radius 1 is 1.03 bits per heavy atom. The molecule has 154 valence electrons. The van der Waals surface area contributed by atoms with Crippen molar-refractivity contribution in [3.05, 3.63) is 69.8 Å². The van der Waals surface area contributed by atoms with E-state index in [2.05, 4.69) is 43.5 Å². The summed E-state index contributed by atoms with van der Waals surface area (Å²) in [5.41, 5.74) is 8.58. The van der Waals surface area contributed by atoms with Crippen molar-refractivity contribution in [2.75, 3.05) is 27.2 Å². The third-order valence-electron chi connectivity index (χ3n) is 5.61. The summed E-state index contributed by atoms with van der Waals surface area (Å²) in [6.45, 7) is 15.0. The predicted octanol–water partition coefficient (Wildman–Crippen LogP) is 4.74. The molecule has 1 aliphatic rings. The molecule has 0 bridgehead atoms. The van der Waals surface area contributed by atoms with Crippen molar-refractivity contribution in [1.29, 1.82) is 0 Å². The summed E-state index contributed by atoms with van der Waals surface area (Å²) in [5, 5.41) is 0. The van der Waals surface area contributed by atoms with Crippen LogP contribution in [0.4, 0.5) is 0 Å². The number of hydrogen-bond acceptors (Lipinski definition) is 3. The topological polar surface area (TPSA) is 32.8 Å². The monoisotopic (exact) mass is 392 g/mol. The van der Waals surface area contributed by atoms with Gasteiger partial charge in [-0.1, -0.05) is 18.2 Å². The summed E-state index contributed by atoms with van der Waals surface area (Å²) >= 11 is 0. The molecule has 0 saturated heterocycles. The number of fused-ring (bicyclic) bond motifs is 1. The van der Waals surface area contributed by atoms with Gasteiger partial charge < -0.3 is 14.5 Å². The number of ether oxygens (including phenoxy) is 1. The first-order chi connectivity index (χ1) is 13.7. The van der Waals surface area contributed by atoms with Gasteiger partial charge in [-0.2, -0.15) is 0 Å². The summed E-state index contributed by atoms with van der Waals surface area (Å²) in [6, 6.07) is 8.26. The van der Waals surface area contributed by atoms with Crippen LogP contribution in [0.15, 0.2) is 30.8 Å². The molecule has 0 fully saturated rings. The third-order valence-corrected chi connectivity index (χ3v) is 5.61. The second kappa shape index (κ2) is 8.42. The molecule has 2 aromatic rings. The highest BCUT2D eigenvalue weighted by Crippen LogP contribution is 2.32. The Kier molecular flexibility index (Phi) is 6.13. The molecule has 1 heterocycles. The molecule has 0 unspecified atom stereocenters. The fraction of sp³-hybridized carbons (Fsp3) is 0.400. The van der Waals surface area contributed by atoms with Crippen LogP contribution in [0.2, 0.25) is 0 Å². The van der Waals surface area contributed by atoms with Gasteiger partial charge in [0.15, 0.2) is 0 Å². The zero-order valence-electron chi connectivity index (χ0n) is 18.6. The zero-order valence-corrected chi connectivity index (χ0v) is 18.6. The van der Waals surface area contributed by atoms with Crippen molar-refractivity contribution in [2.24, 2.45) is 0 Å². The number of rotatable bonds is 6. The summed E-state index contributed by atoms with van der Waals surface area (Å²) in [6.07, 6.45) is 0. The van der Waals surface area contributed by atoms with Crippen LogP contribution in [-0.4, -0.2) is 43.0 Å². The molecule has 0 N–H and O–H groups in total. The average molecular weight is 393 g/mol. The van der Waals surface area contributed by atoms with Crippen LogP contribution in [0.1, 0.15) is 50.7 Å². The molecule has 0 aliphatic carbocycles. The first-order valence-corrected chi connectivity index (χ1v) is 10.1. The minimum atomic E-state index is 0.0793. The number of nitrogens with zero attached hydrogens (tertiary/aromatic N) is 2. The van der Waals surface area contributed by atoms with E-state index in [1.165, 1.54) is 16.7 Å². The van der Waals surface area contributed by atoms with Gasteiger partial charge in [-0.3, -0.25) is 4.79 Å². The van der Waals surface area contributed by atoms with E-state index in [4.69, 9.17) is 4.74 Å². The fourth-order valence-electron chi connectivity index (χ4n) is 3.96. The van der Waals surface area contributed by atoms with Crippen molar-refractivity contribution in [2.45, 2.75) is 40.8 Å². The van der Waals surface area contributed by atoms with Crippen molar-refractivity contribution in [3.8, 4) is 5.75 Å². The number of carbonyl (C=O) groups excluding carboxylic acids is 1. The number of hydrogen-bond donors (Lipinski definition) is 0. The first kappa shape index (κ1) is 21.1. The van der Waals surface area contributed by atoms with E-state index in [-0.39, 0.29) is 5.91 Å². The third kappa shape index (κ3) is 4.54. The Labute approximate surface area is 174 Å². The molecule has 1 aliphatic heterocycles. The number of aryl methyl sites for hydroxylation is 3. The summed E-state index contributed by atoms with van der Waals surface area (Å²) in [5.74, 6) is 0.962. The Balaban J connectivity index is 1.81. The molecular formula is C25H32N2O2. The highest BCUT2D eigenvalue weighted by atomic mass is 16.5. The first-order valence-electron chi connectivity index (χ1n) is 10.1. The van der Waals surface area contributed by atoms with Gasteiger partial charge in [0.1, 0.15) is 12.4 Å². The molecule has 3 rings (SSSR count). The van der Waals surface area contributed by atoms with Gasteiger partial charge in [0.2, 0.25) is 0 Å². The molecular weight excluding hydrogens is 360 g/mol. The summed E-state index contributed by atoms with van der Waals surface area (Å²) in [7, 11) is 4.07. The number of carbonyl (C=O) groups is 1. The molecule has 29 heavy (non-hydrogen) atoms. The molecule has 0 saturated carbocycles. The van der Waals surface area contributed by atoms with Crippen LogP contribution >= 0.6 is 0 Å². The lowest BCUT2D eigenvalue weighted by Gasteiger charge is -2.19. The van der Waals surface area contributed by atoms with Crippen molar-refractivity contribution in [3.63, 3.8) is 0 Å². The second-order valence-corrected chi connectivity index (χ2v) is 8.45. The highest BCUT2D eigenvalue weighted by molar-refractivity contribution is 5.97. The molecule has 0 aromatic heterocycles. The minimum absolute atomic E-state index is 0.0793. The van der Waals surface area contributed by atoms with Gasteiger partial charge in [-0.25, -0.2) is 0 Å². The Bertz CT molecular complexity index is 960. The van der Waals surface area contributed by atoms with E-state index in [1.54, 1.807) is 0 Å². The average Bonchev–Trinajstić information content (AvgIpc) is 3.05. The van der Waals surface area contributed by atoms with Gasteiger partial charge in [0.25, 0.3) is 5.91 Å². The van der Waals surface area contributed by atoms with Crippen molar-refractivity contribution < 1.29 is 9.53 Å². The smallest absolute Gasteiger partial charge is 0.254 e. The SMILES string of the molecule is C=C(C)c1cc(C(=O)N2Cc3cc(OCCN(C)C)cc(C)c3C2)c(C)cc1C. The van der Waals surface area contributed by atoms with E-state index in [1.807, 2.05) is 38.9 Å². The number of allylic oxidation sites excluding steroid dienone is 1. The molecule has 0 atom stereocenters. The molecule has 4 heteroatoms. The maximum atomic E-state index is 13.3. The predicted molar refractivity (Wildman–Crippen MR) is 119 cm³/mol. The molecule has 1 amide bonds. The maximum Gasteiger partial charge on any atom is 0.254 e. The van der Waals surface area contributed by atoms with Gasteiger partial charge in [-0.15, -0.1) is 0 Å². The Morgan fingerprint density at radius 2 is 1.72 bits per heavy atom. The molecule has 2 aromatic carbocycles. The quantitative estimate of drug-likeness (QED) is 0.712. The van der Waals surface area contributed by atoms with Crippen LogP contribution < -0.4 is 4.74 Å². The van der Waals surface area contributed by atoms with Crippen molar-refractivity contribution in [1.82, 2.24) is 9.80 Å². The van der Waals surface area contributed by atoms with Gasteiger partial charge in [-0.05, 0) is 93.4 Å². The van der Waals surface area contributed by atoms with E-state index < -0.39 is 0 Å². The normalized spacial score (nSPS) is 13.0. The molecule has 4 nitrogen and oxygen atoms in total. The van der Waals surface area contributed by atoms with Gasteiger partial charge >= 0.3 is 0 Å². The van der Waals surface area contributed by atoms with E-state index in [0.717, 1.165) is 40.1 Å². The van der Waals surface area contributed by atoms with Crippen molar-refractivity contribution >= 4 is 11.5 Å². The Hall–Kier alpha value is -2.59. The van der Waals surface area contributed by atoms with Crippen LogP contribution in [0.25, 0.3) is 5.57 Å². The van der Waals surface area contributed by atoms with Crippen LogP contribution in [0.5, 0.6) is 5.75 Å². The minimum Gasteiger partial charge on any atom is -0.492 e. The van der Waals surface area contributed by atoms with E-state index >= 15 is 0 Å². The number of benzene rings is 2. The zero-order chi connectivity index (χ0) is 21.3. The largest absolute Gasteiger partial charge is 0.492 e. The number of amides is 1. The van der Waals surface area contributed by atoms with E-state index in [0.29, 0.717) is 19.7 Å². The molecule has 0 spiro atoms. The van der Waals surface area contributed by atoms with Crippen LogP contribution in [0, 0.1) is 20.8 Å². The second-order valence-electron chi connectivity index (χ2n) is 8.45. The maximum absolute atomic E-state index is 13.3. The fourth-order valence-corrected chi connectivity index (χ4v) is 3.96. The van der Waals surface area contributed by atoms with Crippen LogP contribution in [0.3, 0.4) is 0 Å². The van der Waals surface area contributed by atoms with Gasteiger partial charge in [0.05, 0.1) is 0 Å². The van der Waals surface area contributed by atoms with E-state index in [9.17, 15) is 4.79 Å². The number of likely N-dealkylation sites (N-methyl/N-ethyl adjacent to an activating group) is 1. The molecule has 0 radical (unpaired) electrons. The lowest BCUT2D eigenvalue weighted by Crippen LogP contribution is -2.26.